The first kappa shape index (κ1) is 12.9. The van der Waals surface area contributed by atoms with Gasteiger partial charge in [-0.3, -0.25) is 4.79 Å². The van der Waals surface area contributed by atoms with Gasteiger partial charge in [-0.1, -0.05) is 0 Å². The van der Waals surface area contributed by atoms with Crippen LogP contribution >= 0.6 is 22.7 Å². The summed E-state index contributed by atoms with van der Waals surface area (Å²) in [6, 6.07) is 0. The highest BCUT2D eigenvalue weighted by Crippen LogP contribution is 2.32. The van der Waals surface area contributed by atoms with Crippen molar-refractivity contribution in [2.45, 2.75) is 13.2 Å². The van der Waals surface area contributed by atoms with Gasteiger partial charge >= 0.3 is 0 Å². The molecule has 2 rings (SSSR count). The summed E-state index contributed by atoms with van der Waals surface area (Å²) in [5, 5.41) is 18.0. The maximum Gasteiger partial charge on any atom is 0.207 e. The van der Waals surface area contributed by atoms with Gasteiger partial charge in [0.2, 0.25) is 6.41 Å². The summed E-state index contributed by atoms with van der Waals surface area (Å²) in [6.45, 7) is 0.226. The number of aliphatic hydroxyl groups is 1. The topological polar surface area (TPSA) is 87.1 Å². The van der Waals surface area contributed by atoms with Crippen LogP contribution in [0.5, 0.6) is 0 Å². The molecule has 18 heavy (non-hydrogen) atoms. The Morgan fingerprint density at radius 2 is 2.33 bits per heavy atom. The largest absolute Gasteiger partial charge is 0.389 e. The fraction of sp³-hybridized carbons (Fsp3) is 0.300. The van der Waals surface area contributed by atoms with Gasteiger partial charge in [-0.2, -0.15) is 0 Å². The zero-order chi connectivity index (χ0) is 13.0. The maximum atomic E-state index is 10.3. The lowest BCUT2D eigenvalue weighted by Gasteiger charge is -1.97. The first-order valence-corrected chi connectivity index (χ1v) is 6.88. The molecule has 0 aliphatic carbocycles. The average Bonchev–Trinajstić information content (AvgIpc) is 3.02. The number of anilines is 1. The van der Waals surface area contributed by atoms with Gasteiger partial charge in [-0.05, 0) is 0 Å². The minimum absolute atomic E-state index is 0.109. The van der Waals surface area contributed by atoms with Crippen molar-refractivity contribution >= 4 is 34.2 Å². The molecule has 0 spiro atoms. The molecule has 2 aromatic rings. The van der Waals surface area contributed by atoms with Crippen molar-refractivity contribution < 1.29 is 9.90 Å². The number of rotatable bonds is 6. The Morgan fingerprint density at radius 3 is 2.94 bits per heavy atom. The van der Waals surface area contributed by atoms with Crippen LogP contribution in [0.25, 0.3) is 10.6 Å². The molecule has 0 aliphatic heterocycles. The van der Waals surface area contributed by atoms with Gasteiger partial charge in [0.25, 0.3) is 0 Å². The van der Waals surface area contributed by atoms with Crippen LogP contribution in [-0.4, -0.2) is 28.5 Å². The van der Waals surface area contributed by atoms with Crippen molar-refractivity contribution in [2.24, 2.45) is 0 Å². The normalized spacial score (nSPS) is 10.3. The van der Waals surface area contributed by atoms with Gasteiger partial charge in [-0.25, -0.2) is 9.97 Å². The highest BCUT2D eigenvalue weighted by atomic mass is 32.1. The summed E-state index contributed by atoms with van der Waals surface area (Å²) in [5.41, 5.74) is 1.54. The van der Waals surface area contributed by atoms with Gasteiger partial charge in [0.1, 0.15) is 5.01 Å². The van der Waals surface area contributed by atoms with Crippen LogP contribution in [0.1, 0.15) is 10.7 Å². The predicted octanol–water partition coefficient (Wildman–Crippen LogP) is 1.05. The Balaban J connectivity index is 2.34. The summed E-state index contributed by atoms with van der Waals surface area (Å²) >= 11 is 2.88. The van der Waals surface area contributed by atoms with Gasteiger partial charge in [0.05, 0.1) is 29.4 Å². The van der Waals surface area contributed by atoms with Gasteiger partial charge < -0.3 is 15.7 Å². The van der Waals surface area contributed by atoms with Crippen molar-refractivity contribution in [3.05, 3.63) is 16.1 Å². The SMILES string of the molecule is CNc1nc(-c2sc(CO)nc2CNC=O)cs1. The smallest absolute Gasteiger partial charge is 0.207 e. The number of carbonyl (C=O) groups is 1. The second-order valence-electron chi connectivity index (χ2n) is 3.33. The number of thiazole rings is 2. The molecule has 0 aliphatic rings. The van der Waals surface area contributed by atoms with Crippen LogP contribution in [0.4, 0.5) is 5.13 Å². The van der Waals surface area contributed by atoms with E-state index in [-0.39, 0.29) is 6.61 Å². The number of nitrogens with zero attached hydrogens (tertiary/aromatic N) is 2. The van der Waals surface area contributed by atoms with Crippen LogP contribution in [0, 0.1) is 0 Å². The molecule has 96 valence electrons. The molecule has 0 unspecified atom stereocenters. The van der Waals surface area contributed by atoms with E-state index in [0.717, 1.165) is 21.4 Å². The fourth-order valence-electron chi connectivity index (χ4n) is 1.42. The maximum absolute atomic E-state index is 10.3. The van der Waals surface area contributed by atoms with Crippen molar-refractivity contribution in [1.29, 1.82) is 0 Å². The highest BCUT2D eigenvalue weighted by Gasteiger charge is 2.15. The van der Waals surface area contributed by atoms with Gasteiger partial charge in [0, 0.05) is 12.4 Å². The molecule has 0 saturated heterocycles. The fourth-order valence-corrected chi connectivity index (χ4v) is 3.06. The molecule has 0 atom stereocenters. The molecule has 0 aromatic carbocycles. The summed E-state index contributed by atoms with van der Waals surface area (Å²) in [5.74, 6) is 0. The molecule has 2 heterocycles. The number of carbonyl (C=O) groups excluding carboxylic acids is 1. The number of hydrogen-bond acceptors (Lipinski definition) is 7. The highest BCUT2D eigenvalue weighted by molar-refractivity contribution is 7.16. The Morgan fingerprint density at radius 1 is 1.50 bits per heavy atom. The van der Waals surface area contributed by atoms with E-state index in [2.05, 4.69) is 20.6 Å². The van der Waals surface area contributed by atoms with Crippen LogP contribution in [0.2, 0.25) is 0 Å². The lowest BCUT2D eigenvalue weighted by Crippen LogP contribution is -2.10. The summed E-state index contributed by atoms with van der Waals surface area (Å²) in [6.07, 6.45) is 0.627. The zero-order valence-electron chi connectivity index (χ0n) is 9.64. The zero-order valence-corrected chi connectivity index (χ0v) is 11.3. The van der Waals surface area contributed by atoms with E-state index in [0.29, 0.717) is 18.0 Å². The number of aromatic nitrogens is 2. The first-order chi connectivity index (χ1) is 8.78. The molecule has 1 amide bonds. The third kappa shape index (κ3) is 2.66. The van der Waals surface area contributed by atoms with Crippen molar-refractivity contribution in [1.82, 2.24) is 15.3 Å². The minimum atomic E-state index is -0.109. The third-order valence-electron chi connectivity index (χ3n) is 2.18. The van der Waals surface area contributed by atoms with E-state index in [1.54, 1.807) is 0 Å². The Labute approximate surface area is 112 Å². The Kier molecular flexibility index (Phi) is 4.24. The number of hydrogen-bond donors (Lipinski definition) is 3. The molecule has 0 bridgehead atoms. The second-order valence-corrected chi connectivity index (χ2v) is 5.27. The van der Waals surface area contributed by atoms with Crippen LogP contribution < -0.4 is 10.6 Å². The van der Waals surface area contributed by atoms with Crippen molar-refractivity contribution in [2.75, 3.05) is 12.4 Å². The molecule has 2 aromatic heterocycles. The summed E-state index contributed by atoms with van der Waals surface area (Å²) < 4.78 is 0. The van der Waals surface area contributed by atoms with E-state index < -0.39 is 0 Å². The monoisotopic (exact) mass is 284 g/mol. The molecule has 0 radical (unpaired) electrons. The summed E-state index contributed by atoms with van der Waals surface area (Å²) in [4.78, 5) is 19.9. The quantitative estimate of drug-likeness (QED) is 0.690. The number of amides is 1. The second kappa shape index (κ2) is 5.89. The van der Waals surface area contributed by atoms with Crippen molar-refractivity contribution in [3.8, 4) is 10.6 Å². The molecular formula is C10H12N4O2S2. The molecule has 0 fully saturated rings. The molecule has 0 saturated carbocycles. The summed E-state index contributed by atoms with van der Waals surface area (Å²) in [7, 11) is 1.81. The molecular weight excluding hydrogens is 272 g/mol. The van der Waals surface area contributed by atoms with E-state index >= 15 is 0 Å². The third-order valence-corrected chi connectivity index (χ3v) is 4.15. The van der Waals surface area contributed by atoms with Crippen LogP contribution in [0.3, 0.4) is 0 Å². The Hall–Kier alpha value is -1.51. The average molecular weight is 284 g/mol. The lowest BCUT2D eigenvalue weighted by atomic mass is 10.3. The lowest BCUT2D eigenvalue weighted by molar-refractivity contribution is -0.109. The van der Waals surface area contributed by atoms with Crippen LogP contribution in [0.15, 0.2) is 5.38 Å². The Bertz CT molecular complexity index is 538. The van der Waals surface area contributed by atoms with Crippen molar-refractivity contribution in [3.63, 3.8) is 0 Å². The first-order valence-electron chi connectivity index (χ1n) is 5.18. The minimum Gasteiger partial charge on any atom is -0.389 e. The molecule has 6 nitrogen and oxygen atoms in total. The number of aliphatic hydroxyl groups excluding tert-OH is 1. The number of nitrogens with one attached hydrogen (secondary N) is 2. The van der Waals surface area contributed by atoms with E-state index in [1.807, 2.05) is 12.4 Å². The van der Waals surface area contributed by atoms with E-state index in [4.69, 9.17) is 5.11 Å². The van der Waals surface area contributed by atoms with Gasteiger partial charge in [0.15, 0.2) is 5.13 Å². The predicted molar refractivity (Wildman–Crippen MR) is 71.6 cm³/mol. The molecule has 3 N–H and O–H groups in total. The van der Waals surface area contributed by atoms with E-state index in [9.17, 15) is 4.79 Å². The van der Waals surface area contributed by atoms with E-state index in [1.165, 1.54) is 22.7 Å². The van der Waals surface area contributed by atoms with Gasteiger partial charge in [-0.15, -0.1) is 22.7 Å². The molecule has 8 heteroatoms. The van der Waals surface area contributed by atoms with Crippen LogP contribution in [-0.2, 0) is 17.9 Å². The standard InChI is InChI=1S/C10H12N4O2S2/c1-11-10-14-7(4-17-10)9-6(2-12-5-16)13-8(3-15)18-9/h4-5,15H,2-3H2,1H3,(H,11,14)(H,12,16).